The largest absolute Gasteiger partial charge is 0.462 e. The molecule has 1 atom stereocenters. The molecule has 0 rings (SSSR count). The van der Waals surface area contributed by atoms with Crippen LogP contribution in [0.5, 0.6) is 0 Å². The van der Waals surface area contributed by atoms with Crippen LogP contribution in [0.2, 0.25) is 0 Å². The van der Waals surface area contributed by atoms with Crippen LogP contribution in [0, 0.1) is 0 Å². The van der Waals surface area contributed by atoms with Crippen molar-refractivity contribution < 1.29 is 23.8 Å². The summed E-state index contributed by atoms with van der Waals surface area (Å²) in [7, 11) is 0. The van der Waals surface area contributed by atoms with Crippen LogP contribution < -0.4 is 0 Å². The van der Waals surface area contributed by atoms with E-state index in [0.29, 0.717) is 25.9 Å². The minimum absolute atomic E-state index is 0.0501. The molecule has 0 radical (unpaired) electrons. The molecule has 0 spiro atoms. The summed E-state index contributed by atoms with van der Waals surface area (Å²) < 4.78 is 17.1. The Bertz CT molecular complexity index is 812. The van der Waals surface area contributed by atoms with Gasteiger partial charge in [-0.15, -0.1) is 0 Å². The van der Waals surface area contributed by atoms with Crippen molar-refractivity contribution in [2.45, 2.75) is 194 Å². The molecule has 0 heterocycles. The summed E-state index contributed by atoms with van der Waals surface area (Å²) in [6, 6.07) is 0. The summed E-state index contributed by atoms with van der Waals surface area (Å²) in [5.41, 5.74) is 0. The van der Waals surface area contributed by atoms with E-state index in [0.717, 1.165) is 51.4 Å². The minimum atomic E-state index is -0.555. The highest BCUT2D eigenvalue weighted by molar-refractivity contribution is 5.70. The second-order valence-corrected chi connectivity index (χ2v) is 13.2. The van der Waals surface area contributed by atoms with Gasteiger partial charge in [0.1, 0.15) is 6.61 Å². The van der Waals surface area contributed by atoms with Crippen molar-refractivity contribution in [3.05, 3.63) is 48.6 Å². The smallest absolute Gasteiger partial charge is 0.306 e. The first-order valence-electron chi connectivity index (χ1n) is 20.2. The van der Waals surface area contributed by atoms with Crippen LogP contribution in [0.4, 0.5) is 0 Å². The normalized spacial score (nSPS) is 12.6. The predicted molar refractivity (Wildman–Crippen MR) is 205 cm³/mol. The van der Waals surface area contributed by atoms with Gasteiger partial charge in [0.25, 0.3) is 0 Å². The Labute approximate surface area is 297 Å². The molecule has 0 bridgehead atoms. The van der Waals surface area contributed by atoms with E-state index in [-0.39, 0.29) is 25.2 Å². The molecule has 0 aromatic carbocycles. The van der Waals surface area contributed by atoms with Gasteiger partial charge >= 0.3 is 11.9 Å². The van der Waals surface area contributed by atoms with Gasteiger partial charge in [0.2, 0.25) is 0 Å². The van der Waals surface area contributed by atoms with E-state index >= 15 is 0 Å². The lowest BCUT2D eigenvalue weighted by Gasteiger charge is -2.18. The SMILES string of the molecule is CC/C=C\C/C=C\C/C=C\C/C=C\CCC(=O)OCC(COCCCCCCCCCC)OC(=O)CCCCCCCCCCCCC. The molecule has 0 aliphatic rings. The van der Waals surface area contributed by atoms with Crippen LogP contribution in [-0.4, -0.2) is 37.9 Å². The summed E-state index contributed by atoms with van der Waals surface area (Å²) in [5.74, 6) is -0.491. The Morgan fingerprint density at radius 3 is 1.46 bits per heavy atom. The van der Waals surface area contributed by atoms with E-state index in [2.05, 4.69) is 63.3 Å². The fourth-order valence-electron chi connectivity index (χ4n) is 5.40. The maximum Gasteiger partial charge on any atom is 0.306 e. The van der Waals surface area contributed by atoms with Crippen LogP contribution in [0.3, 0.4) is 0 Å². The van der Waals surface area contributed by atoms with Crippen LogP contribution in [0.25, 0.3) is 0 Å². The number of esters is 2. The van der Waals surface area contributed by atoms with Crippen molar-refractivity contribution in [2.75, 3.05) is 19.8 Å². The molecule has 0 amide bonds. The quantitative estimate of drug-likeness (QED) is 0.0376. The number of allylic oxidation sites excluding steroid dienone is 8. The highest BCUT2D eigenvalue weighted by Gasteiger charge is 2.17. The fraction of sp³-hybridized carbons (Fsp3) is 0.767. The first-order valence-corrected chi connectivity index (χ1v) is 20.2. The van der Waals surface area contributed by atoms with Crippen molar-refractivity contribution >= 4 is 11.9 Å². The van der Waals surface area contributed by atoms with Gasteiger partial charge in [-0.1, -0.05) is 179 Å². The number of unbranched alkanes of at least 4 members (excludes halogenated alkanes) is 17. The zero-order valence-electron chi connectivity index (χ0n) is 31.7. The van der Waals surface area contributed by atoms with E-state index in [1.165, 1.54) is 96.3 Å². The van der Waals surface area contributed by atoms with E-state index in [9.17, 15) is 9.59 Å². The molecule has 48 heavy (non-hydrogen) atoms. The lowest BCUT2D eigenvalue weighted by Crippen LogP contribution is -2.30. The Morgan fingerprint density at radius 1 is 0.479 bits per heavy atom. The van der Waals surface area contributed by atoms with Gasteiger partial charge in [0.15, 0.2) is 6.10 Å². The van der Waals surface area contributed by atoms with Crippen molar-refractivity contribution in [1.29, 1.82) is 0 Å². The molecule has 278 valence electrons. The van der Waals surface area contributed by atoms with Gasteiger partial charge in [0, 0.05) is 19.4 Å². The van der Waals surface area contributed by atoms with Crippen molar-refractivity contribution in [3.63, 3.8) is 0 Å². The third kappa shape index (κ3) is 36.7. The average Bonchev–Trinajstić information content (AvgIpc) is 3.08. The molecule has 0 aromatic rings. The summed E-state index contributed by atoms with van der Waals surface area (Å²) in [4.78, 5) is 25.0. The molecular weight excluding hydrogens is 596 g/mol. The third-order valence-electron chi connectivity index (χ3n) is 8.39. The zero-order valence-corrected chi connectivity index (χ0v) is 31.7. The zero-order chi connectivity index (χ0) is 35.0. The van der Waals surface area contributed by atoms with Crippen molar-refractivity contribution in [2.24, 2.45) is 0 Å². The second-order valence-electron chi connectivity index (χ2n) is 13.2. The Morgan fingerprint density at radius 2 is 0.938 bits per heavy atom. The van der Waals surface area contributed by atoms with Gasteiger partial charge in [-0.2, -0.15) is 0 Å². The molecule has 0 saturated heterocycles. The summed E-state index contributed by atoms with van der Waals surface area (Å²) in [5, 5.41) is 0. The molecule has 0 N–H and O–H groups in total. The number of carbonyl (C=O) groups is 2. The van der Waals surface area contributed by atoms with Gasteiger partial charge in [-0.05, 0) is 44.9 Å². The molecule has 0 aromatic heterocycles. The highest BCUT2D eigenvalue weighted by Crippen LogP contribution is 2.13. The molecule has 5 heteroatoms. The van der Waals surface area contributed by atoms with Gasteiger partial charge in [-0.25, -0.2) is 0 Å². The lowest BCUT2D eigenvalue weighted by molar-refractivity contribution is -0.162. The number of hydrogen-bond acceptors (Lipinski definition) is 5. The first-order chi connectivity index (χ1) is 23.6. The molecular formula is C43H76O5. The Kier molecular flexibility index (Phi) is 37.5. The van der Waals surface area contributed by atoms with Gasteiger partial charge < -0.3 is 14.2 Å². The minimum Gasteiger partial charge on any atom is -0.462 e. The lowest BCUT2D eigenvalue weighted by atomic mass is 10.1. The van der Waals surface area contributed by atoms with E-state index < -0.39 is 6.10 Å². The predicted octanol–water partition coefficient (Wildman–Crippen LogP) is 12.9. The maximum absolute atomic E-state index is 12.6. The van der Waals surface area contributed by atoms with Crippen LogP contribution >= 0.6 is 0 Å². The second kappa shape index (κ2) is 39.3. The van der Waals surface area contributed by atoms with Gasteiger partial charge in [0.05, 0.1) is 6.61 Å². The van der Waals surface area contributed by atoms with E-state index in [1.807, 2.05) is 6.08 Å². The van der Waals surface area contributed by atoms with Crippen molar-refractivity contribution in [1.82, 2.24) is 0 Å². The third-order valence-corrected chi connectivity index (χ3v) is 8.39. The number of carbonyl (C=O) groups excluding carboxylic acids is 2. The average molecular weight is 673 g/mol. The number of hydrogen-bond donors (Lipinski definition) is 0. The monoisotopic (exact) mass is 673 g/mol. The van der Waals surface area contributed by atoms with E-state index in [1.54, 1.807) is 0 Å². The van der Waals surface area contributed by atoms with Gasteiger partial charge in [-0.3, -0.25) is 9.59 Å². The summed E-state index contributed by atoms with van der Waals surface area (Å²) in [6.07, 6.45) is 45.4. The van der Waals surface area contributed by atoms with E-state index in [4.69, 9.17) is 14.2 Å². The van der Waals surface area contributed by atoms with Crippen LogP contribution in [0.1, 0.15) is 188 Å². The first kappa shape index (κ1) is 45.9. The topological polar surface area (TPSA) is 61.8 Å². The molecule has 0 saturated carbocycles. The Hall–Kier alpha value is -2.14. The maximum atomic E-state index is 12.6. The molecule has 1 unspecified atom stereocenters. The number of ether oxygens (including phenoxy) is 3. The summed E-state index contributed by atoms with van der Waals surface area (Å²) >= 11 is 0. The van der Waals surface area contributed by atoms with Crippen molar-refractivity contribution in [3.8, 4) is 0 Å². The van der Waals surface area contributed by atoms with Crippen LogP contribution in [0.15, 0.2) is 48.6 Å². The highest BCUT2D eigenvalue weighted by atomic mass is 16.6. The van der Waals surface area contributed by atoms with Crippen LogP contribution in [-0.2, 0) is 23.8 Å². The Balaban J connectivity index is 4.32. The fourth-order valence-corrected chi connectivity index (χ4v) is 5.40. The standard InChI is InChI=1S/C43H76O5/c1-4-7-10-13-16-19-21-22-24-25-27-30-33-36-42(44)47-40-41(39-46-38-35-32-29-18-15-12-9-6-3)48-43(45)37-34-31-28-26-23-20-17-14-11-8-5-2/h7,10,16,19,22,24,27,30,41H,4-6,8-9,11-15,17-18,20-21,23,25-26,28-29,31-40H2,1-3H3/b10-7-,19-16-,24-22-,30-27-. The molecule has 0 fully saturated rings. The molecule has 5 nitrogen and oxygen atoms in total. The molecule has 0 aliphatic heterocycles. The number of rotatable bonds is 36. The summed E-state index contributed by atoms with van der Waals surface area (Å²) in [6.45, 7) is 7.60. The molecule has 0 aliphatic carbocycles.